The summed E-state index contributed by atoms with van der Waals surface area (Å²) < 4.78 is 0. The first kappa shape index (κ1) is 14.5. The van der Waals surface area contributed by atoms with E-state index in [0.29, 0.717) is 12.5 Å². The van der Waals surface area contributed by atoms with Crippen molar-refractivity contribution in [2.75, 3.05) is 33.2 Å². The summed E-state index contributed by atoms with van der Waals surface area (Å²) in [6.07, 6.45) is 8.67. The quantitative estimate of drug-likeness (QED) is 0.737. The van der Waals surface area contributed by atoms with Crippen molar-refractivity contribution in [3.05, 3.63) is 0 Å². The van der Waals surface area contributed by atoms with Crippen LogP contribution in [0.2, 0.25) is 0 Å². The Bertz CT molecular complexity index is 210. The smallest absolute Gasteiger partial charge is 0.236 e. The topological polar surface area (TPSA) is 23.6 Å². The van der Waals surface area contributed by atoms with E-state index in [1.54, 1.807) is 0 Å². The zero-order valence-corrected chi connectivity index (χ0v) is 11.6. The van der Waals surface area contributed by atoms with Gasteiger partial charge in [0.25, 0.3) is 0 Å². The summed E-state index contributed by atoms with van der Waals surface area (Å²) in [5.74, 6) is 0.325. The molecule has 1 aliphatic heterocycles. The third kappa shape index (κ3) is 6.06. The molecule has 1 aliphatic rings. The van der Waals surface area contributed by atoms with Gasteiger partial charge in [-0.15, -0.1) is 0 Å². The zero-order valence-electron chi connectivity index (χ0n) is 11.6. The molecule has 3 nitrogen and oxygen atoms in total. The second kappa shape index (κ2) is 8.51. The highest BCUT2D eigenvalue weighted by atomic mass is 16.2. The van der Waals surface area contributed by atoms with Crippen LogP contribution in [0.1, 0.15) is 51.9 Å². The fourth-order valence-electron chi connectivity index (χ4n) is 2.33. The van der Waals surface area contributed by atoms with Crippen LogP contribution in [0.4, 0.5) is 0 Å². The molecule has 1 saturated heterocycles. The number of hydrogen-bond acceptors (Lipinski definition) is 2. The first-order valence-electron chi connectivity index (χ1n) is 7.20. The molecule has 0 N–H and O–H groups in total. The van der Waals surface area contributed by atoms with Gasteiger partial charge in [-0.3, -0.25) is 9.69 Å². The highest BCUT2D eigenvalue weighted by molar-refractivity contribution is 5.78. The lowest BCUT2D eigenvalue weighted by Crippen LogP contribution is -2.40. The molecule has 0 bridgehead atoms. The minimum absolute atomic E-state index is 0.325. The molecule has 0 aliphatic carbocycles. The molecule has 3 heteroatoms. The summed E-state index contributed by atoms with van der Waals surface area (Å²) in [6, 6.07) is 0. The summed E-state index contributed by atoms with van der Waals surface area (Å²) in [6.45, 7) is 5.77. The molecule has 0 atom stereocenters. The summed E-state index contributed by atoms with van der Waals surface area (Å²) in [5.41, 5.74) is 0. The molecule has 1 amide bonds. The highest BCUT2D eigenvalue weighted by Crippen LogP contribution is 2.10. The van der Waals surface area contributed by atoms with Crippen molar-refractivity contribution >= 4 is 5.91 Å². The molecule has 0 spiro atoms. The minimum Gasteiger partial charge on any atom is -0.342 e. The standard InChI is InChI=1S/C14H28N2O/c1-3-4-10-15(2)13-14(17)16-11-8-6-5-7-9-12-16/h3-13H2,1-2H3. The fourth-order valence-corrected chi connectivity index (χ4v) is 2.33. The Morgan fingerprint density at radius 1 is 1.12 bits per heavy atom. The minimum atomic E-state index is 0.325. The van der Waals surface area contributed by atoms with E-state index in [-0.39, 0.29) is 0 Å². The lowest BCUT2D eigenvalue weighted by molar-refractivity contribution is -0.132. The van der Waals surface area contributed by atoms with Gasteiger partial charge in [-0.2, -0.15) is 0 Å². The average Bonchev–Trinajstić information content (AvgIpc) is 2.25. The Kier molecular flexibility index (Phi) is 7.25. The van der Waals surface area contributed by atoms with Crippen LogP contribution in [0.3, 0.4) is 0 Å². The van der Waals surface area contributed by atoms with E-state index in [4.69, 9.17) is 0 Å². The van der Waals surface area contributed by atoms with Gasteiger partial charge in [0.15, 0.2) is 0 Å². The number of nitrogens with zero attached hydrogens (tertiary/aromatic N) is 2. The predicted molar refractivity (Wildman–Crippen MR) is 72.1 cm³/mol. The van der Waals surface area contributed by atoms with Gasteiger partial charge in [0.1, 0.15) is 0 Å². The van der Waals surface area contributed by atoms with Crippen LogP contribution < -0.4 is 0 Å². The fraction of sp³-hybridized carbons (Fsp3) is 0.929. The molecular weight excluding hydrogens is 212 g/mol. The van der Waals surface area contributed by atoms with E-state index in [2.05, 4.69) is 23.8 Å². The van der Waals surface area contributed by atoms with E-state index >= 15 is 0 Å². The van der Waals surface area contributed by atoms with Gasteiger partial charge < -0.3 is 4.90 Å². The molecule has 1 rings (SSSR count). The summed E-state index contributed by atoms with van der Waals surface area (Å²) >= 11 is 0. The largest absolute Gasteiger partial charge is 0.342 e. The molecule has 1 heterocycles. The van der Waals surface area contributed by atoms with Crippen LogP contribution in [0.5, 0.6) is 0 Å². The van der Waals surface area contributed by atoms with Crippen LogP contribution in [0.25, 0.3) is 0 Å². The van der Waals surface area contributed by atoms with Gasteiger partial charge in [0, 0.05) is 13.1 Å². The molecule has 17 heavy (non-hydrogen) atoms. The summed E-state index contributed by atoms with van der Waals surface area (Å²) in [5, 5.41) is 0. The van der Waals surface area contributed by atoms with Crippen molar-refractivity contribution in [3.8, 4) is 0 Å². The lowest BCUT2D eigenvalue weighted by atomic mass is 10.1. The lowest BCUT2D eigenvalue weighted by Gasteiger charge is -2.27. The second-order valence-electron chi connectivity index (χ2n) is 5.24. The normalized spacial score (nSPS) is 17.9. The molecule has 0 saturated carbocycles. The number of likely N-dealkylation sites (N-methyl/N-ethyl adjacent to an activating group) is 1. The van der Waals surface area contributed by atoms with Gasteiger partial charge in [-0.1, -0.05) is 32.6 Å². The number of likely N-dealkylation sites (tertiary alicyclic amines) is 1. The molecule has 0 radical (unpaired) electrons. The monoisotopic (exact) mass is 240 g/mol. The molecule has 0 aromatic heterocycles. The molecular formula is C14H28N2O. The molecule has 1 fully saturated rings. The van der Waals surface area contributed by atoms with Crippen molar-refractivity contribution in [1.29, 1.82) is 0 Å². The number of carbonyl (C=O) groups excluding carboxylic acids is 1. The van der Waals surface area contributed by atoms with Crippen LogP contribution in [0.15, 0.2) is 0 Å². The van der Waals surface area contributed by atoms with Gasteiger partial charge >= 0.3 is 0 Å². The zero-order chi connectivity index (χ0) is 12.5. The number of rotatable bonds is 5. The third-order valence-corrected chi connectivity index (χ3v) is 3.51. The highest BCUT2D eigenvalue weighted by Gasteiger charge is 2.15. The maximum Gasteiger partial charge on any atom is 0.236 e. The van der Waals surface area contributed by atoms with Crippen LogP contribution in [-0.2, 0) is 4.79 Å². The van der Waals surface area contributed by atoms with Gasteiger partial charge in [0.05, 0.1) is 6.54 Å². The first-order chi connectivity index (χ1) is 8.24. The van der Waals surface area contributed by atoms with Crippen molar-refractivity contribution in [2.45, 2.75) is 51.9 Å². The van der Waals surface area contributed by atoms with Crippen LogP contribution >= 0.6 is 0 Å². The number of amides is 1. The number of carbonyl (C=O) groups is 1. The third-order valence-electron chi connectivity index (χ3n) is 3.51. The maximum absolute atomic E-state index is 12.1. The van der Waals surface area contributed by atoms with Gasteiger partial charge in [0.2, 0.25) is 5.91 Å². The Hall–Kier alpha value is -0.570. The summed E-state index contributed by atoms with van der Waals surface area (Å²) in [4.78, 5) is 16.3. The van der Waals surface area contributed by atoms with E-state index in [9.17, 15) is 4.79 Å². The second-order valence-corrected chi connectivity index (χ2v) is 5.24. The first-order valence-corrected chi connectivity index (χ1v) is 7.20. The van der Waals surface area contributed by atoms with Crippen molar-refractivity contribution < 1.29 is 4.79 Å². The predicted octanol–water partition coefficient (Wildman–Crippen LogP) is 2.51. The van der Waals surface area contributed by atoms with Crippen LogP contribution in [0, 0.1) is 0 Å². The van der Waals surface area contributed by atoms with E-state index < -0.39 is 0 Å². The number of hydrogen-bond donors (Lipinski definition) is 0. The van der Waals surface area contributed by atoms with Crippen molar-refractivity contribution in [3.63, 3.8) is 0 Å². The molecule has 0 unspecified atom stereocenters. The maximum atomic E-state index is 12.1. The van der Waals surface area contributed by atoms with E-state index in [0.717, 1.165) is 19.6 Å². The van der Waals surface area contributed by atoms with Gasteiger partial charge in [-0.25, -0.2) is 0 Å². The molecule has 0 aromatic rings. The average molecular weight is 240 g/mol. The Morgan fingerprint density at radius 3 is 2.29 bits per heavy atom. The van der Waals surface area contributed by atoms with Gasteiger partial charge in [-0.05, 0) is 32.9 Å². The Balaban J connectivity index is 2.28. The SMILES string of the molecule is CCCCN(C)CC(=O)N1CCCCCCC1. The Labute approximate surface area is 106 Å². The number of unbranched alkanes of at least 4 members (excludes halogenated alkanes) is 1. The molecule has 0 aromatic carbocycles. The summed E-state index contributed by atoms with van der Waals surface area (Å²) in [7, 11) is 2.05. The molecule has 100 valence electrons. The van der Waals surface area contributed by atoms with Crippen molar-refractivity contribution in [1.82, 2.24) is 9.80 Å². The van der Waals surface area contributed by atoms with E-state index in [1.807, 2.05) is 0 Å². The van der Waals surface area contributed by atoms with Crippen molar-refractivity contribution in [2.24, 2.45) is 0 Å². The Morgan fingerprint density at radius 2 is 1.71 bits per heavy atom. The van der Waals surface area contributed by atoms with Crippen LogP contribution in [-0.4, -0.2) is 48.9 Å². The van der Waals surface area contributed by atoms with E-state index in [1.165, 1.54) is 44.9 Å².